The van der Waals surface area contributed by atoms with Gasteiger partial charge in [-0.25, -0.2) is 0 Å². The smallest absolute Gasteiger partial charge is 0.0558 e. The molecular formula is C16H20N2O. The summed E-state index contributed by atoms with van der Waals surface area (Å²) in [5, 5.41) is 9.15. The van der Waals surface area contributed by atoms with Crippen molar-refractivity contribution in [2.45, 2.75) is 13.0 Å². The maximum Gasteiger partial charge on any atom is 0.0558 e. The first-order valence-electron chi connectivity index (χ1n) is 6.64. The number of aromatic nitrogens is 1. The number of hydrogen-bond donors (Lipinski definition) is 1. The quantitative estimate of drug-likeness (QED) is 0.824. The highest BCUT2D eigenvalue weighted by Gasteiger charge is 2.05. The van der Waals surface area contributed by atoms with Gasteiger partial charge in [-0.15, -0.1) is 0 Å². The predicted molar refractivity (Wildman–Crippen MR) is 76.7 cm³/mol. The summed E-state index contributed by atoms with van der Waals surface area (Å²) in [7, 11) is 0. The number of benzene rings is 1. The maximum atomic E-state index is 9.15. The number of aliphatic hydroxyl groups is 1. The number of nitrogens with zero attached hydrogens (tertiary/aromatic N) is 2. The average Bonchev–Trinajstić information content (AvgIpc) is 2.47. The molecule has 2 rings (SSSR count). The van der Waals surface area contributed by atoms with Crippen molar-refractivity contribution in [2.75, 3.05) is 19.7 Å². The molecule has 0 fully saturated rings. The van der Waals surface area contributed by atoms with Crippen LogP contribution < -0.4 is 0 Å². The van der Waals surface area contributed by atoms with Crippen LogP contribution in [0.1, 0.15) is 11.1 Å². The molecule has 0 radical (unpaired) electrons. The lowest BCUT2D eigenvalue weighted by atomic mass is 10.1. The SMILES string of the molecule is OCCN(CCc1ccccc1)Cc1cccnc1. The first kappa shape index (κ1) is 13.7. The minimum atomic E-state index is 0.190. The Bertz CT molecular complexity index is 459. The molecule has 0 unspecified atom stereocenters. The molecule has 0 saturated carbocycles. The van der Waals surface area contributed by atoms with E-state index in [9.17, 15) is 0 Å². The van der Waals surface area contributed by atoms with Gasteiger partial charge in [0.1, 0.15) is 0 Å². The van der Waals surface area contributed by atoms with Crippen molar-refractivity contribution in [1.82, 2.24) is 9.88 Å². The topological polar surface area (TPSA) is 36.4 Å². The van der Waals surface area contributed by atoms with Gasteiger partial charge in [-0.05, 0) is 23.6 Å². The Morgan fingerprint density at radius 3 is 2.42 bits per heavy atom. The first-order valence-corrected chi connectivity index (χ1v) is 6.64. The van der Waals surface area contributed by atoms with Crippen LogP contribution in [0.25, 0.3) is 0 Å². The minimum absolute atomic E-state index is 0.190. The Morgan fingerprint density at radius 2 is 1.74 bits per heavy atom. The molecule has 100 valence electrons. The van der Waals surface area contributed by atoms with E-state index in [1.165, 1.54) is 11.1 Å². The molecule has 0 atom stereocenters. The van der Waals surface area contributed by atoms with Crippen LogP contribution in [-0.2, 0) is 13.0 Å². The zero-order valence-electron chi connectivity index (χ0n) is 11.1. The lowest BCUT2D eigenvalue weighted by Gasteiger charge is -2.21. The Morgan fingerprint density at radius 1 is 0.947 bits per heavy atom. The monoisotopic (exact) mass is 256 g/mol. The van der Waals surface area contributed by atoms with Gasteiger partial charge in [-0.2, -0.15) is 0 Å². The van der Waals surface area contributed by atoms with Crippen LogP contribution in [0.3, 0.4) is 0 Å². The normalized spacial score (nSPS) is 10.8. The molecule has 1 heterocycles. The van der Waals surface area contributed by atoms with Crippen LogP contribution >= 0.6 is 0 Å². The second kappa shape index (κ2) is 7.67. The molecule has 3 nitrogen and oxygen atoms in total. The fourth-order valence-corrected chi connectivity index (χ4v) is 2.09. The molecule has 0 aliphatic rings. The maximum absolute atomic E-state index is 9.15. The molecular weight excluding hydrogens is 236 g/mol. The lowest BCUT2D eigenvalue weighted by Crippen LogP contribution is -2.28. The number of aliphatic hydroxyl groups excluding tert-OH is 1. The Balaban J connectivity index is 1.89. The third kappa shape index (κ3) is 4.81. The van der Waals surface area contributed by atoms with E-state index in [4.69, 9.17) is 5.11 Å². The summed E-state index contributed by atoms with van der Waals surface area (Å²) >= 11 is 0. The Labute approximate surface area is 114 Å². The van der Waals surface area contributed by atoms with Gasteiger partial charge in [0.25, 0.3) is 0 Å². The fraction of sp³-hybridized carbons (Fsp3) is 0.312. The van der Waals surface area contributed by atoms with E-state index in [0.717, 1.165) is 19.5 Å². The van der Waals surface area contributed by atoms with Crippen LogP contribution in [0.15, 0.2) is 54.9 Å². The molecule has 0 amide bonds. The zero-order chi connectivity index (χ0) is 13.3. The van der Waals surface area contributed by atoms with Gasteiger partial charge >= 0.3 is 0 Å². The van der Waals surface area contributed by atoms with Gasteiger partial charge in [0.05, 0.1) is 6.61 Å². The molecule has 2 aromatic rings. The molecule has 3 heteroatoms. The summed E-state index contributed by atoms with van der Waals surface area (Å²) in [6.07, 6.45) is 4.66. The van der Waals surface area contributed by atoms with Crippen LogP contribution in [0.4, 0.5) is 0 Å². The summed E-state index contributed by atoms with van der Waals surface area (Å²) in [6, 6.07) is 14.5. The standard InChI is InChI=1S/C16H20N2O/c19-12-11-18(14-16-7-4-9-17-13-16)10-8-15-5-2-1-3-6-15/h1-7,9,13,19H,8,10-12,14H2. The molecule has 0 saturated heterocycles. The van der Waals surface area contributed by atoms with E-state index in [1.54, 1.807) is 6.20 Å². The lowest BCUT2D eigenvalue weighted by molar-refractivity contribution is 0.191. The van der Waals surface area contributed by atoms with Crippen molar-refractivity contribution in [3.8, 4) is 0 Å². The highest BCUT2D eigenvalue weighted by atomic mass is 16.3. The average molecular weight is 256 g/mol. The number of hydrogen-bond acceptors (Lipinski definition) is 3. The molecule has 1 aromatic heterocycles. The van der Waals surface area contributed by atoms with E-state index >= 15 is 0 Å². The second-order valence-electron chi connectivity index (χ2n) is 4.60. The van der Waals surface area contributed by atoms with Crippen molar-refractivity contribution in [3.05, 3.63) is 66.0 Å². The molecule has 1 N–H and O–H groups in total. The number of rotatable bonds is 7. The van der Waals surface area contributed by atoms with Gasteiger partial charge in [-0.3, -0.25) is 9.88 Å². The number of pyridine rings is 1. The van der Waals surface area contributed by atoms with E-state index in [-0.39, 0.29) is 6.61 Å². The van der Waals surface area contributed by atoms with Gasteiger partial charge in [0, 0.05) is 32.0 Å². The van der Waals surface area contributed by atoms with Crippen LogP contribution in [0.2, 0.25) is 0 Å². The Hall–Kier alpha value is -1.71. The van der Waals surface area contributed by atoms with E-state index < -0.39 is 0 Å². The highest BCUT2D eigenvalue weighted by Crippen LogP contribution is 2.06. The van der Waals surface area contributed by atoms with Gasteiger partial charge < -0.3 is 5.11 Å². The van der Waals surface area contributed by atoms with Crippen molar-refractivity contribution in [1.29, 1.82) is 0 Å². The van der Waals surface area contributed by atoms with Crippen molar-refractivity contribution < 1.29 is 5.11 Å². The molecule has 19 heavy (non-hydrogen) atoms. The molecule has 0 aliphatic carbocycles. The van der Waals surface area contributed by atoms with E-state index in [1.807, 2.05) is 18.3 Å². The van der Waals surface area contributed by atoms with Crippen LogP contribution in [0.5, 0.6) is 0 Å². The summed E-state index contributed by atoms with van der Waals surface area (Å²) in [6.45, 7) is 2.66. The molecule has 1 aromatic carbocycles. The van der Waals surface area contributed by atoms with Crippen molar-refractivity contribution >= 4 is 0 Å². The third-order valence-electron chi connectivity index (χ3n) is 3.10. The molecule has 0 spiro atoms. The fourth-order valence-electron chi connectivity index (χ4n) is 2.09. The summed E-state index contributed by atoms with van der Waals surface area (Å²) < 4.78 is 0. The third-order valence-corrected chi connectivity index (χ3v) is 3.10. The predicted octanol–water partition coefficient (Wildman–Crippen LogP) is 2.12. The Kier molecular flexibility index (Phi) is 5.53. The second-order valence-corrected chi connectivity index (χ2v) is 4.60. The van der Waals surface area contributed by atoms with Crippen LogP contribution in [0, 0.1) is 0 Å². The highest BCUT2D eigenvalue weighted by molar-refractivity contribution is 5.15. The van der Waals surface area contributed by atoms with Crippen molar-refractivity contribution in [3.63, 3.8) is 0 Å². The van der Waals surface area contributed by atoms with Gasteiger partial charge in [0.15, 0.2) is 0 Å². The summed E-state index contributed by atoms with van der Waals surface area (Å²) in [4.78, 5) is 6.38. The van der Waals surface area contributed by atoms with Gasteiger partial charge in [0.2, 0.25) is 0 Å². The zero-order valence-corrected chi connectivity index (χ0v) is 11.1. The van der Waals surface area contributed by atoms with Crippen molar-refractivity contribution in [2.24, 2.45) is 0 Å². The minimum Gasteiger partial charge on any atom is -0.395 e. The van der Waals surface area contributed by atoms with E-state index in [2.05, 4.69) is 40.2 Å². The summed E-state index contributed by atoms with van der Waals surface area (Å²) in [5.41, 5.74) is 2.51. The first-order chi connectivity index (χ1) is 9.38. The van der Waals surface area contributed by atoms with E-state index in [0.29, 0.717) is 6.54 Å². The molecule has 0 aliphatic heterocycles. The molecule has 0 bridgehead atoms. The van der Waals surface area contributed by atoms with Gasteiger partial charge in [-0.1, -0.05) is 36.4 Å². The largest absolute Gasteiger partial charge is 0.395 e. The van der Waals surface area contributed by atoms with Crippen LogP contribution in [-0.4, -0.2) is 34.7 Å². The summed E-state index contributed by atoms with van der Waals surface area (Å²) in [5.74, 6) is 0.